The van der Waals surface area contributed by atoms with E-state index < -0.39 is 73.7 Å². The molecule has 0 aliphatic heterocycles. The summed E-state index contributed by atoms with van der Waals surface area (Å²) in [6, 6.07) is 17.8. The molecule has 41 heavy (non-hydrogen) atoms. The Morgan fingerprint density at radius 1 is 0.561 bits per heavy atom. The minimum Gasteiger partial charge on any atom is -0.516 e. The maximum Gasteiger partial charge on any atom is 0.204 e. The second-order valence-electron chi connectivity index (χ2n) is 9.78. The molecule has 5 aromatic carbocycles. The lowest BCUT2D eigenvalue weighted by Crippen LogP contribution is -2.26. The minimum atomic E-state index is -2.09. The van der Waals surface area contributed by atoms with Crippen LogP contribution in [0.3, 0.4) is 0 Å². The van der Waals surface area contributed by atoms with Gasteiger partial charge >= 0.3 is 0 Å². The number of hydrogen-bond donors (Lipinski definition) is 10. The molecule has 6 rings (SSSR count). The van der Waals surface area contributed by atoms with Gasteiger partial charge in [-0.1, -0.05) is 42.5 Å². The van der Waals surface area contributed by atoms with Crippen molar-refractivity contribution in [2.45, 2.75) is 5.41 Å². The van der Waals surface area contributed by atoms with Gasteiger partial charge in [0, 0.05) is 27.9 Å². The van der Waals surface area contributed by atoms with Crippen molar-refractivity contribution >= 4 is 16.5 Å². The molecule has 0 saturated heterocycles. The molecule has 0 saturated carbocycles. The highest BCUT2D eigenvalue weighted by Gasteiger charge is 2.53. The van der Waals surface area contributed by atoms with Crippen LogP contribution in [0.4, 0.5) is 5.69 Å². The summed E-state index contributed by atoms with van der Waals surface area (Å²) in [5, 5.41) is 98.5. The van der Waals surface area contributed by atoms with Gasteiger partial charge in [-0.2, -0.15) is 0 Å². The molecule has 10 nitrogen and oxygen atoms in total. The summed E-state index contributed by atoms with van der Waals surface area (Å²) >= 11 is 0. The smallest absolute Gasteiger partial charge is 0.204 e. The molecule has 11 N–H and O–H groups in total. The maximum absolute atomic E-state index is 11.3. The molecule has 10 heteroatoms. The number of aliphatic hydroxyl groups excluding tert-OH is 1. The quantitative estimate of drug-likeness (QED) is 0.0617. The topological polar surface area (TPSA) is 208 Å². The average molecular weight is 554 g/mol. The summed E-state index contributed by atoms with van der Waals surface area (Å²) in [6.45, 7) is 0. The Labute approximate surface area is 231 Å². The molecule has 0 bridgehead atoms. The predicted molar refractivity (Wildman–Crippen MR) is 151 cm³/mol. The Kier molecular flexibility index (Phi) is 5.29. The number of nitrogen functional groups attached to an aromatic ring is 1. The van der Waals surface area contributed by atoms with Gasteiger partial charge in [0.1, 0.15) is 0 Å². The van der Waals surface area contributed by atoms with E-state index in [1.54, 1.807) is 12.1 Å². The van der Waals surface area contributed by atoms with Crippen molar-refractivity contribution in [3.63, 3.8) is 0 Å². The molecule has 206 valence electrons. The van der Waals surface area contributed by atoms with Crippen molar-refractivity contribution in [3.8, 4) is 68.2 Å². The molecular formula is C31H23NO9. The van der Waals surface area contributed by atoms with E-state index in [1.165, 1.54) is 6.07 Å². The largest absolute Gasteiger partial charge is 0.516 e. The van der Waals surface area contributed by atoms with Gasteiger partial charge in [-0.15, -0.1) is 0 Å². The SMILES string of the molecule is Nc1ccc(-c2ccc3ccccc3c2)c(C2(/C=C/O)c3c(O)c(O)c(O)c(O)c3-c3c(O)c(O)c(O)c(O)c32)c1. The molecule has 0 heterocycles. The summed E-state index contributed by atoms with van der Waals surface area (Å²) in [5.41, 5.74) is 3.80. The Morgan fingerprint density at radius 2 is 1.10 bits per heavy atom. The van der Waals surface area contributed by atoms with E-state index in [1.807, 2.05) is 42.5 Å². The molecule has 0 spiro atoms. The number of benzene rings is 5. The Hall–Kier alpha value is -5.90. The highest BCUT2D eigenvalue weighted by Crippen LogP contribution is 2.70. The number of allylic oxidation sites excluding steroid dienone is 1. The van der Waals surface area contributed by atoms with Crippen molar-refractivity contribution in [2.24, 2.45) is 0 Å². The van der Waals surface area contributed by atoms with Crippen LogP contribution >= 0.6 is 0 Å². The average Bonchev–Trinajstić information content (AvgIpc) is 3.28. The Morgan fingerprint density at radius 3 is 1.66 bits per heavy atom. The summed E-state index contributed by atoms with van der Waals surface area (Å²) in [4.78, 5) is 0. The zero-order valence-corrected chi connectivity index (χ0v) is 21.0. The lowest BCUT2D eigenvalue weighted by molar-refractivity contribution is 0.342. The van der Waals surface area contributed by atoms with Crippen LogP contribution in [-0.2, 0) is 5.41 Å². The fourth-order valence-corrected chi connectivity index (χ4v) is 5.91. The van der Waals surface area contributed by atoms with Crippen LogP contribution in [0.25, 0.3) is 33.0 Å². The van der Waals surface area contributed by atoms with Gasteiger partial charge in [0.05, 0.1) is 11.7 Å². The number of aliphatic hydroxyl groups is 1. The molecule has 0 atom stereocenters. The van der Waals surface area contributed by atoms with Crippen molar-refractivity contribution in [2.75, 3.05) is 5.73 Å². The molecule has 0 aromatic heterocycles. The number of fused-ring (bicyclic) bond motifs is 4. The summed E-state index contributed by atoms with van der Waals surface area (Å²) in [5.74, 6) is -8.54. The van der Waals surface area contributed by atoms with Crippen LogP contribution < -0.4 is 5.73 Å². The molecule has 0 radical (unpaired) electrons. The summed E-state index contributed by atoms with van der Waals surface area (Å²) < 4.78 is 0. The minimum absolute atomic E-state index is 0.165. The molecule has 0 fully saturated rings. The van der Waals surface area contributed by atoms with E-state index in [2.05, 4.69) is 0 Å². The van der Waals surface area contributed by atoms with Crippen molar-refractivity contribution in [1.82, 2.24) is 0 Å². The summed E-state index contributed by atoms with van der Waals surface area (Å²) in [7, 11) is 0. The molecular weight excluding hydrogens is 530 g/mol. The first kappa shape index (κ1) is 25.4. The number of nitrogens with two attached hydrogens (primary N) is 1. The van der Waals surface area contributed by atoms with Crippen LogP contribution in [0.1, 0.15) is 16.7 Å². The first-order valence-corrected chi connectivity index (χ1v) is 12.3. The van der Waals surface area contributed by atoms with Crippen molar-refractivity contribution in [1.29, 1.82) is 0 Å². The van der Waals surface area contributed by atoms with Crippen LogP contribution in [0.2, 0.25) is 0 Å². The number of hydrogen-bond acceptors (Lipinski definition) is 10. The lowest BCUT2D eigenvalue weighted by atomic mass is 9.69. The number of anilines is 1. The van der Waals surface area contributed by atoms with Crippen molar-refractivity contribution < 1.29 is 46.0 Å². The van der Waals surface area contributed by atoms with E-state index in [9.17, 15) is 46.0 Å². The van der Waals surface area contributed by atoms with Gasteiger partial charge < -0.3 is 51.7 Å². The predicted octanol–water partition coefficient (Wildman–Crippen LogP) is 5.12. The van der Waals surface area contributed by atoms with E-state index in [4.69, 9.17) is 5.73 Å². The van der Waals surface area contributed by atoms with E-state index in [0.717, 1.165) is 16.8 Å². The highest BCUT2D eigenvalue weighted by molar-refractivity contribution is 6.01. The van der Waals surface area contributed by atoms with Crippen LogP contribution in [-0.4, -0.2) is 46.0 Å². The van der Waals surface area contributed by atoms with Gasteiger partial charge in [-0.25, -0.2) is 0 Å². The van der Waals surface area contributed by atoms with Gasteiger partial charge in [0.15, 0.2) is 23.0 Å². The van der Waals surface area contributed by atoms with Crippen LogP contribution in [0.5, 0.6) is 46.0 Å². The second-order valence-corrected chi connectivity index (χ2v) is 9.78. The lowest BCUT2D eigenvalue weighted by Gasteiger charge is -2.33. The normalized spacial score (nSPS) is 13.5. The van der Waals surface area contributed by atoms with E-state index in [-0.39, 0.29) is 11.3 Å². The zero-order chi connectivity index (χ0) is 29.4. The highest BCUT2D eigenvalue weighted by atomic mass is 16.4. The third kappa shape index (κ3) is 3.18. The van der Waals surface area contributed by atoms with Gasteiger partial charge in [0.2, 0.25) is 23.0 Å². The second kappa shape index (κ2) is 8.55. The van der Waals surface area contributed by atoms with Gasteiger partial charge in [0.25, 0.3) is 0 Å². The fourth-order valence-electron chi connectivity index (χ4n) is 5.91. The van der Waals surface area contributed by atoms with Crippen molar-refractivity contribution in [3.05, 3.63) is 89.7 Å². The van der Waals surface area contributed by atoms with E-state index in [0.29, 0.717) is 17.4 Å². The molecule has 5 aromatic rings. The van der Waals surface area contributed by atoms with E-state index >= 15 is 0 Å². The first-order valence-electron chi connectivity index (χ1n) is 12.3. The third-order valence-corrected chi connectivity index (χ3v) is 7.69. The molecule has 1 aliphatic rings. The maximum atomic E-state index is 11.3. The number of rotatable bonds is 3. The summed E-state index contributed by atoms with van der Waals surface area (Å²) in [6.07, 6.45) is 1.66. The fraction of sp³-hybridized carbons (Fsp3) is 0.0323. The zero-order valence-electron chi connectivity index (χ0n) is 21.0. The monoisotopic (exact) mass is 553 g/mol. The molecule has 1 aliphatic carbocycles. The first-order chi connectivity index (χ1) is 19.5. The number of phenols is 8. The Bertz CT molecular complexity index is 1890. The standard InChI is InChI=1S/C31H23NO9/c32-16-7-8-17(15-6-5-13-3-1-2-4-14(13)11-15)18(12-16)31(9-10-33)21-19(23(34)27(38)29(40)25(21)36)20-22(31)26(37)30(41)28(39)24(20)35/h1-12,33-41H,32H2/b10-9+. The molecule has 0 amide bonds. The van der Waals surface area contributed by atoms with Crippen LogP contribution in [0.15, 0.2) is 73.0 Å². The van der Waals surface area contributed by atoms with Gasteiger partial charge in [-0.05, 0) is 51.7 Å². The van der Waals surface area contributed by atoms with Crippen LogP contribution in [0, 0.1) is 0 Å². The molecule has 0 unspecified atom stereocenters. The van der Waals surface area contributed by atoms with Gasteiger partial charge in [-0.3, -0.25) is 0 Å². The number of phenolic OH excluding ortho intramolecular Hbond substituents is 8. The number of aromatic hydroxyl groups is 8. The third-order valence-electron chi connectivity index (χ3n) is 7.69. The Balaban J connectivity index is 1.86.